The van der Waals surface area contributed by atoms with Crippen LogP contribution >= 0.6 is 7.26 Å². The molecule has 0 fully saturated rings. The van der Waals surface area contributed by atoms with Crippen LogP contribution in [0.5, 0.6) is 0 Å². The summed E-state index contributed by atoms with van der Waals surface area (Å²) in [7, 11) is -0.562. The number of carboxylic acids is 1. The molecule has 0 rings (SSSR count). The second-order valence-corrected chi connectivity index (χ2v) is 12.7. The zero-order valence-corrected chi connectivity index (χ0v) is 18.6. The molecule has 0 aromatic heterocycles. The molecule has 146 valence electrons. The van der Waals surface area contributed by atoms with Crippen LogP contribution in [-0.4, -0.2) is 30.6 Å². The van der Waals surface area contributed by atoms with Crippen molar-refractivity contribution < 1.29 is 9.90 Å². The van der Waals surface area contributed by atoms with Crippen molar-refractivity contribution in [2.75, 3.05) is 24.6 Å². The molecule has 0 N–H and O–H groups in total. The van der Waals surface area contributed by atoms with Gasteiger partial charge in [-0.3, -0.25) is 0 Å². The number of carbonyl (C=O) groups excluding carboxylic acids is 1. The van der Waals surface area contributed by atoms with E-state index in [4.69, 9.17) is 0 Å². The highest BCUT2D eigenvalue weighted by Gasteiger charge is 2.34. The first-order chi connectivity index (χ1) is 11.2. The highest BCUT2D eigenvalue weighted by atomic mass is 31.2. The van der Waals surface area contributed by atoms with Crippen LogP contribution in [0.3, 0.4) is 0 Å². The molecule has 24 heavy (non-hydrogen) atoms. The number of carboxylic acid groups (broad SMARTS) is 1. The molecular weight excluding hydrogens is 315 g/mol. The topological polar surface area (TPSA) is 40.1 Å². The van der Waals surface area contributed by atoms with E-state index < -0.39 is 18.6 Å². The van der Waals surface area contributed by atoms with Crippen molar-refractivity contribution in [3.8, 4) is 0 Å². The Morgan fingerprint density at radius 3 is 1.04 bits per heavy atom. The average molecular weight is 361 g/mol. The van der Waals surface area contributed by atoms with Crippen LogP contribution in [-0.2, 0) is 4.79 Å². The van der Waals surface area contributed by atoms with Gasteiger partial charge in [0.15, 0.2) is 0 Å². The summed E-state index contributed by atoms with van der Waals surface area (Å²) in [5.41, 5.74) is -0.694. The lowest BCUT2D eigenvalue weighted by molar-refractivity contribution is -0.316. The molecule has 0 bridgehead atoms. The molecule has 0 aliphatic heterocycles. The molecule has 0 radical (unpaired) electrons. The predicted octanol–water partition coefficient (Wildman–Crippen LogP) is 5.99. The molecule has 0 saturated carbocycles. The van der Waals surface area contributed by atoms with E-state index in [0.717, 1.165) is 0 Å². The molecule has 0 aliphatic rings. The number of hydrogen-bond acceptors (Lipinski definition) is 2. The second kappa shape index (κ2) is 15.2. The number of hydrogen-bond donors (Lipinski definition) is 0. The van der Waals surface area contributed by atoms with Gasteiger partial charge >= 0.3 is 0 Å². The summed E-state index contributed by atoms with van der Waals surface area (Å²) in [5, 5.41) is 9.91. The van der Waals surface area contributed by atoms with Crippen molar-refractivity contribution in [3.63, 3.8) is 0 Å². The summed E-state index contributed by atoms with van der Waals surface area (Å²) >= 11 is 0. The lowest BCUT2D eigenvalue weighted by Crippen LogP contribution is -2.35. The third-order valence-electron chi connectivity index (χ3n) is 4.56. The first kappa shape index (κ1) is 26.1. The minimum atomic E-state index is -1.01. The van der Waals surface area contributed by atoms with E-state index in [-0.39, 0.29) is 0 Å². The van der Waals surface area contributed by atoms with Gasteiger partial charge in [-0.05, 0) is 25.7 Å². The van der Waals surface area contributed by atoms with Crippen molar-refractivity contribution in [3.05, 3.63) is 0 Å². The van der Waals surface area contributed by atoms with Crippen LogP contribution in [0.25, 0.3) is 0 Å². The molecule has 3 heteroatoms. The maximum absolute atomic E-state index is 9.91. The minimum absolute atomic E-state index is 0.562. The summed E-state index contributed by atoms with van der Waals surface area (Å²) in [6.07, 6.45) is 17.9. The smallest absolute Gasteiger partial charge is 0.0594 e. The third kappa shape index (κ3) is 14.3. The highest BCUT2D eigenvalue weighted by Crippen LogP contribution is 2.61. The fourth-order valence-corrected chi connectivity index (χ4v) is 7.93. The summed E-state index contributed by atoms with van der Waals surface area (Å²) in [5.74, 6) is -1.01. The Balaban J connectivity index is 0. The van der Waals surface area contributed by atoms with E-state index in [0.29, 0.717) is 0 Å². The quantitative estimate of drug-likeness (QED) is 0.401. The number of aliphatic carboxylic acids is 1. The van der Waals surface area contributed by atoms with Crippen LogP contribution in [0.15, 0.2) is 0 Å². The summed E-state index contributed by atoms with van der Waals surface area (Å²) in [6, 6.07) is 0. The van der Waals surface area contributed by atoms with E-state index in [2.05, 4.69) is 27.7 Å². The molecule has 2 nitrogen and oxygen atoms in total. The van der Waals surface area contributed by atoms with Crippen molar-refractivity contribution in [2.45, 2.75) is 99.8 Å². The SMILES string of the molecule is CC(C)(C)C(=O)[O-].CCCC[P+](CCCC)(CCCC)CCCC. The van der Waals surface area contributed by atoms with Crippen LogP contribution in [0.4, 0.5) is 0 Å². The number of carbonyl (C=O) groups is 1. The summed E-state index contributed by atoms with van der Waals surface area (Å²) in [4.78, 5) is 9.91. The Morgan fingerprint density at radius 2 is 0.917 bits per heavy atom. The van der Waals surface area contributed by atoms with Gasteiger partial charge in [0, 0.05) is 18.6 Å². The summed E-state index contributed by atoms with van der Waals surface area (Å²) in [6.45, 7) is 14.2. The maximum atomic E-state index is 9.91. The first-order valence-corrected chi connectivity index (χ1v) is 12.8. The van der Waals surface area contributed by atoms with Crippen LogP contribution in [0, 0.1) is 5.41 Å². The van der Waals surface area contributed by atoms with Gasteiger partial charge in [-0.1, -0.05) is 74.1 Å². The van der Waals surface area contributed by atoms with E-state index >= 15 is 0 Å². The Labute approximate surface area is 153 Å². The van der Waals surface area contributed by atoms with Crippen LogP contribution in [0.2, 0.25) is 0 Å². The monoisotopic (exact) mass is 360 g/mol. The van der Waals surface area contributed by atoms with Crippen molar-refractivity contribution >= 4 is 13.2 Å². The van der Waals surface area contributed by atoms with Gasteiger partial charge in [-0.15, -0.1) is 0 Å². The summed E-state index contributed by atoms with van der Waals surface area (Å²) < 4.78 is 0. The van der Waals surface area contributed by atoms with Crippen molar-refractivity contribution in [2.24, 2.45) is 5.41 Å². The molecule has 0 aliphatic carbocycles. The van der Waals surface area contributed by atoms with Crippen LogP contribution < -0.4 is 5.11 Å². The van der Waals surface area contributed by atoms with Gasteiger partial charge in [-0.25, -0.2) is 0 Å². The predicted molar refractivity (Wildman–Crippen MR) is 110 cm³/mol. The normalized spacial score (nSPS) is 11.8. The molecular formula is C21H45O2P. The first-order valence-electron chi connectivity index (χ1n) is 10.3. The van der Waals surface area contributed by atoms with Gasteiger partial charge in [0.25, 0.3) is 0 Å². The van der Waals surface area contributed by atoms with Gasteiger partial charge < -0.3 is 9.90 Å². The lowest BCUT2D eigenvalue weighted by atomic mass is 9.98. The third-order valence-corrected chi connectivity index (χ3v) is 9.62. The number of unbranched alkanes of at least 4 members (excludes halogenated alkanes) is 4. The molecule has 0 heterocycles. The van der Waals surface area contributed by atoms with Crippen LogP contribution in [0.1, 0.15) is 99.8 Å². The van der Waals surface area contributed by atoms with E-state index in [1.165, 1.54) is 51.4 Å². The molecule has 0 aromatic carbocycles. The molecule has 0 saturated heterocycles. The molecule has 0 aromatic rings. The standard InChI is InChI=1S/C16H36P.C5H10O2/c1-5-9-13-17(14-10-6-2,15-11-7-3)16-12-8-4;1-5(2,3)4(6)7/h5-16H2,1-4H3;1-3H3,(H,6,7)/q+1;/p-1. The Hall–Kier alpha value is -0.100. The Kier molecular flexibility index (Phi) is 16.5. The molecule has 0 amide bonds. The fourth-order valence-electron chi connectivity index (χ4n) is 2.64. The van der Waals surface area contributed by atoms with Gasteiger partial charge in [0.2, 0.25) is 0 Å². The van der Waals surface area contributed by atoms with E-state index in [1.54, 1.807) is 45.4 Å². The molecule has 0 unspecified atom stereocenters. The zero-order valence-electron chi connectivity index (χ0n) is 17.7. The minimum Gasteiger partial charge on any atom is -0.550 e. The van der Waals surface area contributed by atoms with E-state index in [9.17, 15) is 9.90 Å². The average Bonchev–Trinajstić information content (AvgIpc) is 2.53. The maximum Gasteiger partial charge on any atom is 0.0594 e. The Bertz CT molecular complexity index is 257. The van der Waals surface area contributed by atoms with E-state index in [1.807, 2.05) is 0 Å². The van der Waals surface area contributed by atoms with Gasteiger partial charge in [0.1, 0.15) is 0 Å². The van der Waals surface area contributed by atoms with Gasteiger partial charge in [-0.2, -0.15) is 0 Å². The Morgan fingerprint density at radius 1 is 0.708 bits per heavy atom. The lowest BCUT2D eigenvalue weighted by Gasteiger charge is -2.28. The number of rotatable bonds is 12. The highest BCUT2D eigenvalue weighted by molar-refractivity contribution is 7.75. The fraction of sp³-hybridized carbons (Fsp3) is 0.952. The second-order valence-electron chi connectivity index (χ2n) is 8.19. The van der Waals surface area contributed by atoms with Crippen molar-refractivity contribution in [1.82, 2.24) is 0 Å². The molecule has 0 spiro atoms. The zero-order chi connectivity index (χ0) is 19.1. The molecule has 0 atom stereocenters. The largest absolute Gasteiger partial charge is 0.550 e. The van der Waals surface area contributed by atoms with Crippen molar-refractivity contribution in [1.29, 1.82) is 0 Å². The van der Waals surface area contributed by atoms with Gasteiger partial charge in [0.05, 0.1) is 24.6 Å².